The first-order chi connectivity index (χ1) is 17.0. The molecule has 0 saturated carbocycles. The molecule has 0 aliphatic carbocycles. The van der Waals surface area contributed by atoms with Gasteiger partial charge < -0.3 is 19.5 Å². The van der Waals surface area contributed by atoms with Crippen LogP contribution in [0.3, 0.4) is 0 Å². The maximum absolute atomic E-state index is 13.2. The molecule has 2 saturated heterocycles. The summed E-state index contributed by atoms with van der Waals surface area (Å²) in [5.41, 5.74) is 2.51. The van der Waals surface area contributed by atoms with E-state index >= 15 is 0 Å². The van der Waals surface area contributed by atoms with Gasteiger partial charge in [-0.25, -0.2) is 0 Å². The number of carbonyl (C=O) groups is 2. The Balaban J connectivity index is 1.63. The summed E-state index contributed by atoms with van der Waals surface area (Å²) in [5, 5.41) is 11.2. The van der Waals surface area contributed by atoms with E-state index in [1.165, 1.54) is 0 Å². The second kappa shape index (κ2) is 11.5. The van der Waals surface area contributed by atoms with Crippen molar-refractivity contribution in [1.29, 1.82) is 0 Å². The molecule has 1 amide bonds. The summed E-state index contributed by atoms with van der Waals surface area (Å²) in [6.07, 6.45) is 1.63. The predicted molar refractivity (Wildman–Crippen MR) is 134 cm³/mol. The van der Waals surface area contributed by atoms with Crippen LogP contribution in [0.1, 0.15) is 42.5 Å². The van der Waals surface area contributed by atoms with Gasteiger partial charge >= 0.3 is 0 Å². The van der Waals surface area contributed by atoms with Crippen molar-refractivity contribution < 1.29 is 24.2 Å². The molecule has 1 atom stereocenters. The molecule has 7 nitrogen and oxygen atoms in total. The molecule has 4 rings (SSSR count). The molecule has 2 fully saturated rings. The van der Waals surface area contributed by atoms with E-state index in [9.17, 15) is 14.7 Å². The Morgan fingerprint density at radius 1 is 1.03 bits per heavy atom. The van der Waals surface area contributed by atoms with Gasteiger partial charge in [-0.15, -0.1) is 0 Å². The number of amides is 1. The molecule has 0 aromatic heterocycles. The van der Waals surface area contributed by atoms with Gasteiger partial charge in [-0.05, 0) is 49.6 Å². The summed E-state index contributed by atoms with van der Waals surface area (Å²) < 4.78 is 11.0. The highest BCUT2D eigenvalue weighted by Gasteiger charge is 2.45. The number of ketones is 1. The summed E-state index contributed by atoms with van der Waals surface area (Å²) in [6.45, 7) is 9.07. The van der Waals surface area contributed by atoms with Gasteiger partial charge in [0.1, 0.15) is 11.5 Å². The second-order valence-corrected chi connectivity index (χ2v) is 9.08. The van der Waals surface area contributed by atoms with Crippen LogP contribution in [0.2, 0.25) is 0 Å². The van der Waals surface area contributed by atoms with E-state index in [1.54, 1.807) is 29.2 Å². The second-order valence-electron chi connectivity index (χ2n) is 9.08. The number of aliphatic hydroxyl groups excluding tert-OH is 1. The summed E-state index contributed by atoms with van der Waals surface area (Å²) in [4.78, 5) is 30.2. The van der Waals surface area contributed by atoms with Crippen LogP contribution in [-0.4, -0.2) is 72.6 Å². The zero-order chi connectivity index (χ0) is 24.8. The highest BCUT2D eigenvalue weighted by Crippen LogP contribution is 2.39. The molecule has 35 heavy (non-hydrogen) atoms. The summed E-state index contributed by atoms with van der Waals surface area (Å²) in [7, 11) is 0. The summed E-state index contributed by atoms with van der Waals surface area (Å²) in [6, 6.07) is 14.1. The van der Waals surface area contributed by atoms with Crippen molar-refractivity contribution in [3.63, 3.8) is 0 Å². The average molecular weight is 479 g/mol. The van der Waals surface area contributed by atoms with Crippen molar-refractivity contribution in [1.82, 2.24) is 9.80 Å². The maximum Gasteiger partial charge on any atom is 0.295 e. The van der Waals surface area contributed by atoms with Gasteiger partial charge in [-0.1, -0.05) is 36.8 Å². The van der Waals surface area contributed by atoms with E-state index < -0.39 is 17.7 Å². The van der Waals surface area contributed by atoms with Crippen molar-refractivity contribution >= 4 is 17.4 Å². The molecule has 0 bridgehead atoms. The standard InChI is InChI=1S/C28H34N2O5/c1-3-17-35-23-11-9-22(10-12-23)26(31)24-25(21-7-5-20(2)6-8-21)30(28(33)27(24)32)14-4-13-29-15-18-34-19-16-29/h5-12,25,31H,3-4,13-19H2,1-2H3/t25-/m1/s1. The number of aliphatic hydroxyl groups is 1. The molecule has 2 heterocycles. The number of ether oxygens (including phenoxy) is 2. The van der Waals surface area contributed by atoms with E-state index in [1.807, 2.05) is 38.1 Å². The van der Waals surface area contributed by atoms with Gasteiger partial charge in [0.15, 0.2) is 0 Å². The third-order valence-electron chi connectivity index (χ3n) is 6.51. The van der Waals surface area contributed by atoms with Crippen LogP contribution >= 0.6 is 0 Å². The van der Waals surface area contributed by atoms with Gasteiger partial charge in [0, 0.05) is 31.7 Å². The van der Waals surface area contributed by atoms with Gasteiger partial charge in [0.05, 0.1) is 31.4 Å². The third-order valence-corrected chi connectivity index (χ3v) is 6.51. The molecule has 2 aliphatic rings. The van der Waals surface area contributed by atoms with E-state index in [4.69, 9.17) is 9.47 Å². The van der Waals surface area contributed by atoms with E-state index in [-0.39, 0.29) is 11.3 Å². The van der Waals surface area contributed by atoms with Crippen LogP contribution in [0, 0.1) is 6.92 Å². The maximum atomic E-state index is 13.2. The van der Waals surface area contributed by atoms with Crippen molar-refractivity contribution in [3.8, 4) is 5.75 Å². The molecule has 7 heteroatoms. The monoisotopic (exact) mass is 478 g/mol. The minimum Gasteiger partial charge on any atom is -0.507 e. The smallest absolute Gasteiger partial charge is 0.295 e. The number of hydrogen-bond donors (Lipinski definition) is 1. The molecule has 2 aliphatic heterocycles. The lowest BCUT2D eigenvalue weighted by Crippen LogP contribution is -2.38. The Morgan fingerprint density at radius 3 is 2.37 bits per heavy atom. The van der Waals surface area contributed by atoms with Gasteiger partial charge in [-0.3, -0.25) is 14.5 Å². The Kier molecular flexibility index (Phi) is 8.21. The quantitative estimate of drug-likeness (QED) is 0.334. The number of likely N-dealkylation sites (tertiary alicyclic amines) is 1. The van der Waals surface area contributed by atoms with Crippen LogP contribution in [-0.2, 0) is 14.3 Å². The molecule has 1 N–H and O–H groups in total. The Bertz CT molecular complexity index is 1060. The Morgan fingerprint density at radius 2 is 1.71 bits per heavy atom. The summed E-state index contributed by atoms with van der Waals surface area (Å²) in [5.74, 6) is -0.679. The van der Waals surface area contributed by atoms with E-state index in [2.05, 4.69) is 4.90 Å². The van der Waals surface area contributed by atoms with Crippen molar-refractivity contribution in [2.45, 2.75) is 32.7 Å². The lowest BCUT2D eigenvalue weighted by atomic mass is 9.94. The summed E-state index contributed by atoms with van der Waals surface area (Å²) >= 11 is 0. The first kappa shape index (κ1) is 24.9. The zero-order valence-electron chi connectivity index (χ0n) is 20.5. The number of hydrogen-bond acceptors (Lipinski definition) is 6. The average Bonchev–Trinajstić information content (AvgIpc) is 3.13. The SMILES string of the molecule is CCCOc1ccc(C(O)=C2C(=O)C(=O)N(CCCN3CCOCC3)[C@@H]2c2ccc(C)cc2)cc1. The van der Waals surface area contributed by atoms with Crippen molar-refractivity contribution in [3.05, 3.63) is 70.8 Å². The molecule has 0 unspecified atom stereocenters. The number of nitrogens with zero attached hydrogens (tertiary/aromatic N) is 2. The van der Waals surface area contributed by atoms with Gasteiger partial charge in [0.2, 0.25) is 0 Å². The molecule has 186 valence electrons. The minimum absolute atomic E-state index is 0.132. The molecule has 0 spiro atoms. The van der Waals surface area contributed by atoms with Gasteiger partial charge in [0.25, 0.3) is 11.7 Å². The molecular weight excluding hydrogens is 444 g/mol. The van der Waals surface area contributed by atoms with Crippen LogP contribution in [0.4, 0.5) is 0 Å². The first-order valence-electron chi connectivity index (χ1n) is 12.4. The molecule has 0 radical (unpaired) electrons. The third kappa shape index (κ3) is 5.74. The number of carbonyl (C=O) groups excluding carboxylic acids is 2. The Labute approximate surface area is 206 Å². The zero-order valence-corrected chi connectivity index (χ0v) is 20.5. The topological polar surface area (TPSA) is 79.3 Å². The first-order valence-corrected chi connectivity index (χ1v) is 12.4. The minimum atomic E-state index is -0.647. The fourth-order valence-electron chi connectivity index (χ4n) is 4.58. The number of rotatable bonds is 9. The van der Waals surface area contributed by atoms with Crippen LogP contribution in [0.25, 0.3) is 5.76 Å². The number of morpholine rings is 1. The Hall–Kier alpha value is -3.16. The fourth-order valence-corrected chi connectivity index (χ4v) is 4.58. The predicted octanol–water partition coefficient (Wildman–Crippen LogP) is 3.93. The van der Waals surface area contributed by atoms with Crippen LogP contribution in [0.5, 0.6) is 5.75 Å². The van der Waals surface area contributed by atoms with Crippen molar-refractivity contribution in [2.24, 2.45) is 0 Å². The molecule has 2 aromatic rings. The number of benzene rings is 2. The van der Waals surface area contributed by atoms with Gasteiger partial charge in [-0.2, -0.15) is 0 Å². The number of aryl methyl sites for hydroxylation is 1. The lowest BCUT2D eigenvalue weighted by Gasteiger charge is -2.29. The highest BCUT2D eigenvalue weighted by atomic mass is 16.5. The number of Topliss-reactive ketones (excluding diaryl/α,β-unsaturated/α-hetero) is 1. The normalized spacial score (nSPS) is 20.4. The van der Waals surface area contributed by atoms with Crippen LogP contribution < -0.4 is 4.74 Å². The lowest BCUT2D eigenvalue weighted by molar-refractivity contribution is -0.140. The molecular formula is C28H34N2O5. The largest absolute Gasteiger partial charge is 0.507 e. The van der Waals surface area contributed by atoms with E-state index in [0.717, 1.165) is 56.8 Å². The van der Waals surface area contributed by atoms with Crippen molar-refractivity contribution in [2.75, 3.05) is 46.0 Å². The van der Waals surface area contributed by atoms with Crippen LogP contribution in [0.15, 0.2) is 54.1 Å². The highest BCUT2D eigenvalue weighted by molar-refractivity contribution is 6.46. The molecule has 2 aromatic carbocycles. The van der Waals surface area contributed by atoms with E-state index in [0.29, 0.717) is 24.5 Å². The fraction of sp³-hybridized carbons (Fsp3) is 0.429.